The monoisotopic (exact) mass is 346 g/mol. The van der Waals surface area contributed by atoms with Crippen molar-refractivity contribution in [2.45, 2.75) is 20.4 Å². The van der Waals surface area contributed by atoms with Crippen molar-refractivity contribution in [3.05, 3.63) is 57.4 Å². The molecular weight excluding hydrogens is 328 g/mol. The maximum atomic E-state index is 12.9. The van der Waals surface area contributed by atoms with E-state index < -0.39 is 0 Å². The lowest BCUT2D eigenvalue weighted by atomic mass is 10.1. The number of nitrogens with one attached hydrogen (secondary N) is 1. The quantitative estimate of drug-likeness (QED) is 0.678. The summed E-state index contributed by atoms with van der Waals surface area (Å²) in [5.41, 5.74) is 2.64. The van der Waals surface area contributed by atoms with Gasteiger partial charge in [0.1, 0.15) is 5.69 Å². The third kappa shape index (κ3) is 3.59. The van der Waals surface area contributed by atoms with Crippen LogP contribution in [0.4, 0.5) is 0 Å². The number of rotatable bonds is 5. The number of hydrogen-bond donors (Lipinski definition) is 1. The van der Waals surface area contributed by atoms with Crippen LogP contribution < -0.4 is 0 Å². The van der Waals surface area contributed by atoms with E-state index in [0.29, 0.717) is 23.2 Å². The molecule has 0 aliphatic heterocycles. The van der Waals surface area contributed by atoms with Gasteiger partial charge in [-0.25, -0.2) is 0 Å². The van der Waals surface area contributed by atoms with Crippen molar-refractivity contribution in [3.63, 3.8) is 0 Å². The summed E-state index contributed by atoms with van der Waals surface area (Å²) in [5, 5.41) is 5.67. The zero-order valence-electron chi connectivity index (χ0n) is 13.2. The first-order valence-electron chi connectivity index (χ1n) is 7.62. The van der Waals surface area contributed by atoms with Crippen molar-refractivity contribution in [1.82, 2.24) is 9.88 Å². The van der Waals surface area contributed by atoms with E-state index in [2.05, 4.69) is 30.3 Å². The molecule has 2 heterocycles. The van der Waals surface area contributed by atoms with Crippen molar-refractivity contribution in [1.29, 1.82) is 0 Å². The van der Waals surface area contributed by atoms with Gasteiger partial charge in [-0.3, -0.25) is 4.79 Å². The molecular formula is C18H19ClN2OS. The number of hydrogen-bond acceptors (Lipinski definition) is 2. The van der Waals surface area contributed by atoms with Gasteiger partial charge in [0.2, 0.25) is 0 Å². The van der Waals surface area contributed by atoms with Gasteiger partial charge in [-0.15, -0.1) is 0 Å². The van der Waals surface area contributed by atoms with Crippen molar-refractivity contribution in [2.75, 3.05) is 6.54 Å². The van der Waals surface area contributed by atoms with Crippen LogP contribution in [0.3, 0.4) is 0 Å². The standard InChI is InChI=1S/C18H19ClN2OS/c1-12(2)9-21(10-13-6-7-23-11-13)18(22)17-8-14-15(19)4-3-5-16(14)20-17/h3-8,11-12,20H,9-10H2,1-2H3. The molecule has 0 spiro atoms. The molecule has 1 N–H and O–H groups in total. The van der Waals surface area contributed by atoms with Gasteiger partial charge in [0.25, 0.3) is 5.91 Å². The van der Waals surface area contributed by atoms with Crippen molar-refractivity contribution >= 4 is 39.7 Å². The summed E-state index contributed by atoms with van der Waals surface area (Å²) < 4.78 is 0. The fourth-order valence-electron chi connectivity index (χ4n) is 2.67. The van der Waals surface area contributed by atoms with Gasteiger partial charge < -0.3 is 9.88 Å². The van der Waals surface area contributed by atoms with Gasteiger partial charge in [0, 0.05) is 29.0 Å². The van der Waals surface area contributed by atoms with Gasteiger partial charge in [0.05, 0.1) is 0 Å². The SMILES string of the molecule is CC(C)CN(Cc1ccsc1)C(=O)c1cc2c(Cl)cccc2[nH]1. The summed E-state index contributed by atoms with van der Waals surface area (Å²) in [5.74, 6) is 0.419. The van der Waals surface area contributed by atoms with E-state index in [1.54, 1.807) is 11.3 Å². The zero-order chi connectivity index (χ0) is 16.4. The average molecular weight is 347 g/mol. The number of carbonyl (C=O) groups is 1. The first-order valence-corrected chi connectivity index (χ1v) is 8.94. The number of aromatic amines is 1. The molecule has 5 heteroatoms. The van der Waals surface area contributed by atoms with Gasteiger partial charge in [-0.05, 0) is 46.5 Å². The Bertz CT molecular complexity index is 808. The Balaban J connectivity index is 1.90. The Hall–Kier alpha value is -1.78. The highest BCUT2D eigenvalue weighted by molar-refractivity contribution is 7.07. The summed E-state index contributed by atoms with van der Waals surface area (Å²) in [6.07, 6.45) is 0. The van der Waals surface area contributed by atoms with E-state index >= 15 is 0 Å². The number of fused-ring (bicyclic) bond motifs is 1. The Labute approximate surface area is 144 Å². The largest absolute Gasteiger partial charge is 0.350 e. The molecule has 120 valence electrons. The molecule has 0 saturated carbocycles. The number of aromatic nitrogens is 1. The van der Waals surface area contributed by atoms with Crippen LogP contribution in [0, 0.1) is 5.92 Å². The molecule has 1 amide bonds. The summed E-state index contributed by atoms with van der Waals surface area (Å²) >= 11 is 7.86. The van der Waals surface area contributed by atoms with Crippen LogP contribution in [0.1, 0.15) is 29.9 Å². The number of H-pyrrole nitrogens is 1. The van der Waals surface area contributed by atoms with Gasteiger partial charge >= 0.3 is 0 Å². The second-order valence-corrected chi connectivity index (χ2v) is 7.28. The molecule has 2 aromatic heterocycles. The lowest BCUT2D eigenvalue weighted by Gasteiger charge is -2.23. The molecule has 0 bridgehead atoms. The lowest BCUT2D eigenvalue weighted by molar-refractivity contribution is 0.0718. The van der Waals surface area contributed by atoms with E-state index in [-0.39, 0.29) is 5.91 Å². The highest BCUT2D eigenvalue weighted by atomic mass is 35.5. The van der Waals surface area contributed by atoms with Gasteiger partial charge in [0.15, 0.2) is 0 Å². The van der Waals surface area contributed by atoms with Crippen LogP contribution in [0.2, 0.25) is 5.02 Å². The summed E-state index contributed by atoms with van der Waals surface area (Å²) in [7, 11) is 0. The van der Waals surface area contributed by atoms with Crippen molar-refractivity contribution in [2.24, 2.45) is 5.92 Å². The molecule has 0 aliphatic carbocycles. The van der Waals surface area contributed by atoms with Crippen molar-refractivity contribution in [3.8, 4) is 0 Å². The van der Waals surface area contributed by atoms with Crippen LogP contribution in [0.15, 0.2) is 41.1 Å². The Kier molecular flexibility index (Phi) is 4.74. The number of thiophene rings is 1. The summed E-state index contributed by atoms with van der Waals surface area (Å²) in [6, 6.07) is 9.56. The predicted molar refractivity (Wildman–Crippen MR) is 97.2 cm³/mol. The second kappa shape index (κ2) is 6.77. The maximum absolute atomic E-state index is 12.9. The molecule has 23 heavy (non-hydrogen) atoms. The number of nitrogens with zero attached hydrogens (tertiary/aromatic N) is 1. The molecule has 0 unspecified atom stereocenters. The third-order valence-electron chi connectivity index (χ3n) is 3.67. The van der Waals surface area contributed by atoms with Gasteiger partial charge in [-0.2, -0.15) is 11.3 Å². The normalized spacial score (nSPS) is 11.3. The smallest absolute Gasteiger partial charge is 0.270 e. The van der Waals surface area contributed by atoms with E-state index in [0.717, 1.165) is 23.0 Å². The molecule has 0 aliphatic rings. The molecule has 3 aromatic rings. The maximum Gasteiger partial charge on any atom is 0.270 e. The van der Waals surface area contributed by atoms with E-state index in [4.69, 9.17) is 11.6 Å². The van der Waals surface area contributed by atoms with Crippen LogP contribution in [-0.4, -0.2) is 22.3 Å². The molecule has 0 radical (unpaired) electrons. The lowest BCUT2D eigenvalue weighted by Crippen LogP contribution is -2.33. The number of halogens is 1. The summed E-state index contributed by atoms with van der Waals surface area (Å²) in [6.45, 7) is 5.59. The fraction of sp³-hybridized carbons (Fsp3) is 0.278. The number of benzene rings is 1. The van der Waals surface area contributed by atoms with E-state index in [9.17, 15) is 4.79 Å². The highest BCUT2D eigenvalue weighted by Gasteiger charge is 2.20. The first-order chi connectivity index (χ1) is 11.0. The molecule has 0 fully saturated rings. The Morgan fingerprint density at radius 2 is 2.17 bits per heavy atom. The van der Waals surface area contributed by atoms with Gasteiger partial charge in [-0.1, -0.05) is 31.5 Å². The van der Waals surface area contributed by atoms with Crippen molar-refractivity contribution < 1.29 is 4.79 Å². The number of carbonyl (C=O) groups excluding carboxylic acids is 1. The zero-order valence-corrected chi connectivity index (χ0v) is 14.7. The average Bonchev–Trinajstić information content (AvgIpc) is 3.15. The highest BCUT2D eigenvalue weighted by Crippen LogP contribution is 2.25. The Morgan fingerprint density at radius 3 is 2.83 bits per heavy atom. The van der Waals surface area contributed by atoms with E-state index in [1.165, 1.54) is 0 Å². The number of amides is 1. The molecule has 0 atom stereocenters. The molecule has 0 saturated heterocycles. The minimum Gasteiger partial charge on any atom is -0.350 e. The fourth-order valence-corrected chi connectivity index (χ4v) is 3.56. The minimum absolute atomic E-state index is 0.0113. The minimum atomic E-state index is 0.0113. The molecule has 3 nitrogen and oxygen atoms in total. The topological polar surface area (TPSA) is 36.1 Å². The second-order valence-electron chi connectivity index (χ2n) is 6.10. The van der Waals surface area contributed by atoms with Crippen LogP contribution >= 0.6 is 22.9 Å². The predicted octanol–water partition coefficient (Wildman–Crippen LogP) is 5.18. The van der Waals surface area contributed by atoms with E-state index in [1.807, 2.05) is 34.5 Å². The van der Waals surface area contributed by atoms with Crippen LogP contribution in [-0.2, 0) is 6.54 Å². The van der Waals surface area contributed by atoms with Crippen LogP contribution in [0.25, 0.3) is 10.9 Å². The van der Waals surface area contributed by atoms with Crippen LogP contribution in [0.5, 0.6) is 0 Å². The Morgan fingerprint density at radius 1 is 1.35 bits per heavy atom. The molecule has 3 rings (SSSR count). The first kappa shape index (κ1) is 16.1. The summed E-state index contributed by atoms with van der Waals surface area (Å²) in [4.78, 5) is 18.0. The molecule has 1 aromatic carbocycles. The third-order valence-corrected chi connectivity index (χ3v) is 4.73.